The fraction of sp³-hybridized carbons (Fsp3) is 0.714. The zero-order valence-electron chi connectivity index (χ0n) is 18.5. The van der Waals surface area contributed by atoms with Gasteiger partial charge in [0.2, 0.25) is 24.1 Å². The lowest BCUT2D eigenvalue weighted by molar-refractivity contribution is -0.136. The first kappa shape index (κ1) is 24.7. The molecule has 0 aromatic carbocycles. The van der Waals surface area contributed by atoms with Gasteiger partial charge in [0, 0.05) is 25.2 Å². The van der Waals surface area contributed by atoms with E-state index in [-0.39, 0.29) is 42.3 Å². The van der Waals surface area contributed by atoms with Gasteiger partial charge in [0.05, 0.1) is 12.6 Å². The van der Waals surface area contributed by atoms with Crippen molar-refractivity contribution in [2.75, 3.05) is 20.1 Å². The van der Waals surface area contributed by atoms with Crippen LogP contribution in [0.15, 0.2) is 11.6 Å². The maximum absolute atomic E-state index is 13.1. The predicted molar refractivity (Wildman–Crippen MR) is 112 cm³/mol. The molecule has 1 aliphatic heterocycles. The van der Waals surface area contributed by atoms with E-state index >= 15 is 0 Å². The molecule has 2 N–H and O–H groups in total. The molecule has 1 saturated heterocycles. The average molecular weight is 409 g/mol. The number of hydrogen-bond donors (Lipinski definition) is 2. The van der Waals surface area contributed by atoms with Crippen molar-refractivity contribution in [2.24, 2.45) is 5.92 Å². The highest BCUT2D eigenvalue weighted by atomic mass is 16.2. The van der Waals surface area contributed by atoms with E-state index in [0.29, 0.717) is 24.9 Å². The van der Waals surface area contributed by atoms with Crippen molar-refractivity contribution in [3.63, 3.8) is 0 Å². The van der Waals surface area contributed by atoms with Crippen LogP contribution in [-0.2, 0) is 19.2 Å². The molecular weight excluding hydrogens is 372 g/mol. The summed E-state index contributed by atoms with van der Waals surface area (Å²) in [5.41, 5.74) is 0.509. The van der Waals surface area contributed by atoms with Crippen molar-refractivity contribution >= 4 is 24.1 Å². The van der Waals surface area contributed by atoms with Gasteiger partial charge in [-0.25, -0.2) is 0 Å². The minimum atomic E-state index is -0.450. The summed E-state index contributed by atoms with van der Waals surface area (Å²) in [6.07, 6.45) is 4.55. The van der Waals surface area contributed by atoms with Gasteiger partial charge < -0.3 is 20.4 Å². The third-order valence-corrected chi connectivity index (χ3v) is 5.44. The van der Waals surface area contributed by atoms with Crippen LogP contribution in [0.3, 0.4) is 0 Å². The lowest BCUT2D eigenvalue weighted by Crippen LogP contribution is -2.48. The number of likely N-dealkylation sites (tertiary alicyclic amines) is 1. The van der Waals surface area contributed by atoms with Gasteiger partial charge in [-0.2, -0.15) is 0 Å². The van der Waals surface area contributed by atoms with E-state index < -0.39 is 6.04 Å². The molecule has 0 aliphatic carbocycles. The van der Waals surface area contributed by atoms with Crippen LogP contribution in [0.2, 0.25) is 0 Å². The van der Waals surface area contributed by atoms with Crippen LogP contribution in [-0.4, -0.2) is 72.2 Å². The molecule has 0 spiro atoms. The first-order chi connectivity index (χ1) is 13.6. The molecule has 1 rings (SSSR count). The second-order valence-corrected chi connectivity index (χ2v) is 8.06. The van der Waals surface area contributed by atoms with Crippen LogP contribution in [0.4, 0.5) is 0 Å². The molecule has 1 heterocycles. The fourth-order valence-corrected chi connectivity index (χ4v) is 3.45. The Morgan fingerprint density at radius 2 is 1.90 bits per heavy atom. The summed E-state index contributed by atoms with van der Waals surface area (Å²) < 4.78 is 0. The third kappa shape index (κ3) is 6.87. The number of carbonyl (C=O) groups is 4. The summed E-state index contributed by atoms with van der Waals surface area (Å²) in [5, 5.41) is 5.34. The standard InChI is InChI=1S/C21H36N4O4/c1-7-16(5)23-20(28)17-9-8-10-25(17)21(29)15(4)11-18(14(2)3)24(6)19(27)12-22-13-26/h11,13-14,16-18H,7-10,12H2,1-6H3,(H,22,26)(H,23,28)/b15-11+/t16-,17+,18-/m1/s1. The van der Waals surface area contributed by atoms with Crippen molar-refractivity contribution in [1.29, 1.82) is 0 Å². The molecule has 4 amide bonds. The second kappa shape index (κ2) is 11.6. The summed E-state index contributed by atoms with van der Waals surface area (Å²) in [7, 11) is 1.66. The van der Waals surface area contributed by atoms with Gasteiger partial charge in [-0.1, -0.05) is 26.8 Å². The molecule has 3 atom stereocenters. The maximum atomic E-state index is 13.1. The molecule has 8 heteroatoms. The molecule has 0 aromatic rings. The molecule has 0 aromatic heterocycles. The van der Waals surface area contributed by atoms with Gasteiger partial charge in [0.25, 0.3) is 0 Å². The Labute approximate surface area is 174 Å². The van der Waals surface area contributed by atoms with E-state index in [1.54, 1.807) is 24.9 Å². The summed E-state index contributed by atoms with van der Waals surface area (Å²) in [4.78, 5) is 51.5. The lowest BCUT2D eigenvalue weighted by atomic mass is 9.99. The Hall–Kier alpha value is -2.38. The topological polar surface area (TPSA) is 98.8 Å². The Kier molecular flexibility index (Phi) is 9.85. The Morgan fingerprint density at radius 3 is 2.45 bits per heavy atom. The molecule has 164 valence electrons. The number of amides is 4. The van der Waals surface area contributed by atoms with Crippen LogP contribution in [0.5, 0.6) is 0 Å². The Morgan fingerprint density at radius 1 is 1.24 bits per heavy atom. The first-order valence-electron chi connectivity index (χ1n) is 10.4. The van der Waals surface area contributed by atoms with Gasteiger partial charge in [-0.05, 0) is 39.0 Å². The average Bonchev–Trinajstić information content (AvgIpc) is 3.18. The monoisotopic (exact) mass is 408 g/mol. The van der Waals surface area contributed by atoms with Crippen molar-refractivity contribution in [2.45, 2.75) is 72.0 Å². The molecule has 0 bridgehead atoms. The van der Waals surface area contributed by atoms with E-state index in [0.717, 1.165) is 12.8 Å². The van der Waals surface area contributed by atoms with E-state index in [4.69, 9.17) is 0 Å². The molecule has 29 heavy (non-hydrogen) atoms. The summed E-state index contributed by atoms with van der Waals surface area (Å²) in [5.74, 6) is -0.444. The molecule has 0 saturated carbocycles. The molecule has 1 aliphatic rings. The molecule has 0 unspecified atom stereocenters. The smallest absolute Gasteiger partial charge is 0.249 e. The number of likely N-dealkylation sites (N-methyl/N-ethyl adjacent to an activating group) is 1. The van der Waals surface area contributed by atoms with Crippen molar-refractivity contribution in [3.8, 4) is 0 Å². The van der Waals surface area contributed by atoms with Crippen molar-refractivity contribution < 1.29 is 19.2 Å². The van der Waals surface area contributed by atoms with Gasteiger partial charge in [-0.3, -0.25) is 19.2 Å². The van der Waals surface area contributed by atoms with Crippen LogP contribution in [0.1, 0.15) is 53.9 Å². The van der Waals surface area contributed by atoms with Crippen molar-refractivity contribution in [1.82, 2.24) is 20.4 Å². The van der Waals surface area contributed by atoms with E-state index in [1.807, 2.05) is 27.7 Å². The van der Waals surface area contributed by atoms with E-state index in [2.05, 4.69) is 10.6 Å². The van der Waals surface area contributed by atoms with E-state index in [9.17, 15) is 19.2 Å². The zero-order chi connectivity index (χ0) is 22.1. The van der Waals surface area contributed by atoms with Crippen LogP contribution in [0.25, 0.3) is 0 Å². The van der Waals surface area contributed by atoms with Crippen LogP contribution < -0.4 is 10.6 Å². The summed E-state index contributed by atoms with van der Waals surface area (Å²) in [6.45, 7) is 10.1. The van der Waals surface area contributed by atoms with Gasteiger partial charge >= 0.3 is 0 Å². The molecule has 1 fully saturated rings. The van der Waals surface area contributed by atoms with Crippen molar-refractivity contribution in [3.05, 3.63) is 11.6 Å². The highest BCUT2D eigenvalue weighted by molar-refractivity contribution is 5.97. The predicted octanol–water partition coefficient (Wildman–Crippen LogP) is 1.07. The highest BCUT2D eigenvalue weighted by Gasteiger charge is 2.35. The maximum Gasteiger partial charge on any atom is 0.249 e. The minimum Gasteiger partial charge on any atom is -0.352 e. The number of nitrogens with zero attached hydrogens (tertiary/aromatic N) is 2. The summed E-state index contributed by atoms with van der Waals surface area (Å²) >= 11 is 0. The van der Waals surface area contributed by atoms with Gasteiger partial charge in [0.15, 0.2) is 0 Å². The molecular formula is C21H36N4O4. The normalized spacial score (nSPS) is 18.9. The van der Waals surface area contributed by atoms with Gasteiger partial charge in [0.1, 0.15) is 6.04 Å². The zero-order valence-corrected chi connectivity index (χ0v) is 18.5. The van der Waals surface area contributed by atoms with Gasteiger partial charge in [-0.15, -0.1) is 0 Å². The third-order valence-electron chi connectivity index (χ3n) is 5.44. The van der Waals surface area contributed by atoms with E-state index in [1.165, 1.54) is 4.90 Å². The number of hydrogen-bond acceptors (Lipinski definition) is 4. The largest absolute Gasteiger partial charge is 0.352 e. The first-order valence-corrected chi connectivity index (χ1v) is 10.4. The fourth-order valence-electron chi connectivity index (χ4n) is 3.45. The Balaban J connectivity index is 2.94. The van der Waals surface area contributed by atoms with Crippen LogP contribution in [0, 0.1) is 5.92 Å². The second-order valence-electron chi connectivity index (χ2n) is 8.06. The lowest BCUT2D eigenvalue weighted by Gasteiger charge is -2.30. The number of rotatable bonds is 10. The molecule has 0 radical (unpaired) electrons. The molecule has 8 nitrogen and oxygen atoms in total. The SMILES string of the molecule is CC[C@@H](C)NC(=O)[C@@H]1CCCN1C(=O)/C(C)=C/[C@H](C(C)C)N(C)C(=O)CNC=O. The quantitative estimate of drug-likeness (QED) is 0.417. The Bertz CT molecular complexity index is 632. The highest BCUT2D eigenvalue weighted by Crippen LogP contribution is 2.22. The number of nitrogens with one attached hydrogen (secondary N) is 2. The minimum absolute atomic E-state index is 0.0710. The van der Waals surface area contributed by atoms with Crippen LogP contribution >= 0.6 is 0 Å². The summed E-state index contributed by atoms with van der Waals surface area (Å²) in [6, 6.07) is -0.676. The number of carbonyl (C=O) groups excluding carboxylic acids is 4.